The molecule has 0 fully saturated rings. The molecule has 0 radical (unpaired) electrons. The zero-order valence-electron chi connectivity index (χ0n) is 13.2. The number of nitrogens with zero attached hydrogens (tertiary/aromatic N) is 2. The van der Waals surface area contributed by atoms with Crippen molar-refractivity contribution in [2.24, 2.45) is 22.2 Å². The maximum atomic E-state index is 12.3. The van der Waals surface area contributed by atoms with Crippen LogP contribution in [0.1, 0.15) is 26.2 Å². The van der Waals surface area contributed by atoms with Crippen molar-refractivity contribution >= 4 is 23.8 Å². The van der Waals surface area contributed by atoms with Gasteiger partial charge in [-0.05, 0) is 26.3 Å². The number of hydrogen-bond acceptors (Lipinski definition) is 6. The van der Waals surface area contributed by atoms with Crippen LogP contribution in [0.15, 0.2) is 4.99 Å². The first kappa shape index (κ1) is 18.8. The molecule has 1 rings (SSSR count). The Hall–Kier alpha value is -2.20. The molecule has 0 aliphatic carbocycles. The van der Waals surface area contributed by atoms with Gasteiger partial charge in [0.1, 0.15) is 6.04 Å². The van der Waals surface area contributed by atoms with Crippen LogP contribution in [0.4, 0.5) is 4.79 Å². The zero-order valence-corrected chi connectivity index (χ0v) is 13.2. The number of nitrogens with two attached hydrogens (primary N) is 3. The van der Waals surface area contributed by atoms with Crippen molar-refractivity contribution in [1.29, 1.82) is 0 Å². The van der Waals surface area contributed by atoms with Gasteiger partial charge >= 0.3 is 6.03 Å². The third-order valence-electron chi connectivity index (χ3n) is 3.46. The Labute approximate surface area is 134 Å². The second-order valence-corrected chi connectivity index (χ2v) is 5.26. The van der Waals surface area contributed by atoms with E-state index >= 15 is 0 Å². The van der Waals surface area contributed by atoms with Gasteiger partial charge in [0.25, 0.3) is 5.91 Å². The number of nitrogens with one attached hydrogen (secondary N) is 2. The molecule has 0 bridgehead atoms. The first-order chi connectivity index (χ1) is 10.9. The Morgan fingerprint density at radius 2 is 2.22 bits per heavy atom. The quantitative estimate of drug-likeness (QED) is 0.357. The summed E-state index contributed by atoms with van der Waals surface area (Å²) in [5, 5.41) is 4.61. The second kappa shape index (κ2) is 9.06. The molecule has 10 nitrogen and oxygen atoms in total. The number of urea groups is 1. The maximum absolute atomic E-state index is 12.3. The fraction of sp³-hybridized carbons (Fsp3) is 0.692. The number of amides is 4. The van der Waals surface area contributed by atoms with Crippen molar-refractivity contribution in [2.45, 2.75) is 38.3 Å². The van der Waals surface area contributed by atoms with Gasteiger partial charge in [0.2, 0.25) is 11.9 Å². The smallest absolute Gasteiger partial charge is 0.318 e. The summed E-state index contributed by atoms with van der Waals surface area (Å²) in [6.07, 6.45) is 1.55. The number of carbonyl (C=O) groups excluding carboxylic acids is 3. The van der Waals surface area contributed by atoms with E-state index in [0.717, 1.165) is 6.42 Å². The highest BCUT2D eigenvalue weighted by Gasteiger charge is 2.32. The fourth-order valence-corrected chi connectivity index (χ4v) is 2.32. The number of carbonyl (C=O) groups is 3. The van der Waals surface area contributed by atoms with Crippen molar-refractivity contribution in [3.63, 3.8) is 0 Å². The molecule has 1 heterocycles. The minimum Gasteiger partial charge on any atom is -0.351 e. The molecule has 0 saturated carbocycles. The van der Waals surface area contributed by atoms with Crippen LogP contribution in [0.3, 0.4) is 0 Å². The summed E-state index contributed by atoms with van der Waals surface area (Å²) in [5.74, 6) is -0.643. The van der Waals surface area contributed by atoms with E-state index < -0.39 is 18.0 Å². The molecule has 1 unspecified atom stereocenters. The van der Waals surface area contributed by atoms with Crippen molar-refractivity contribution < 1.29 is 14.4 Å². The third-order valence-corrected chi connectivity index (χ3v) is 3.46. The highest BCUT2D eigenvalue weighted by atomic mass is 16.2. The Kier molecular flexibility index (Phi) is 7.42. The van der Waals surface area contributed by atoms with E-state index in [2.05, 4.69) is 15.6 Å². The standard InChI is InChI=1S/C13H25N7O3/c1-2-20(10(21)6-8(15)4-3-5-14)9-7-17-13(18-11(9)22)19-12(16)23/h8-9H,2-7,14-15H2,1H3,(H4,16,17,18,19,22,23)/t8-,9?/m0/s1. The van der Waals surface area contributed by atoms with Gasteiger partial charge in [-0.25, -0.2) is 9.79 Å². The number of guanidine groups is 1. The molecular weight excluding hydrogens is 302 g/mol. The summed E-state index contributed by atoms with van der Waals surface area (Å²) < 4.78 is 0. The monoisotopic (exact) mass is 327 g/mol. The van der Waals surface area contributed by atoms with Crippen LogP contribution >= 0.6 is 0 Å². The van der Waals surface area contributed by atoms with Gasteiger partial charge < -0.3 is 22.1 Å². The average Bonchev–Trinajstić information content (AvgIpc) is 2.47. The molecule has 10 heteroatoms. The Morgan fingerprint density at radius 3 is 2.74 bits per heavy atom. The minimum absolute atomic E-state index is 0.0121. The second-order valence-electron chi connectivity index (χ2n) is 5.26. The van der Waals surface area contributed by atoms with E-state index in [-0.39, 0.29) is 30.9 Å². The lowest BCUT2D eigenvalue weighted by molar-refractivity contribution is -0.140. The van der Waals surface area contributed by atoms with Crippen LogP contribution in [0.2, 0.25) is 0 Å². The molecule has 8 N–H and O–H groups in total. The normalized spacial score (nSPS) is 18.7. The van der Waals surface area contributed by atoms with Crippen LogP contribution in [0.5, 0.6) is 0 Å². The first-order valence-corrected chi connectivity index (χ1v) is 7.55. The molecule has 2 atom stereocenters. The van der Waals surface area contributed by atoms with Gasteiger partial charge in [-0.3, -0.25) is 20.2 Å². The molecule has 0 aromatic rings. The van der Waals surface area contributed by atoms with Gasteiger partial charge in [-0.15, -0.1) is 0 Å². The molecule has 4 amide bonds. The predicted molar refractivity (Wildman–Crippen MR) is 85.2 cm³/mol. The molecule has 0 aromatic carbocycles. The van der Waals surface area contributed by atoms with E-state index in [9.17, 15) is 14.4 Å². The Balaban J connectivity index is 2.67. The number of hydrogen-bond donors (Lipinski definition) is 5. The van der Waals surface area contributed by atoms with Gasteiger partial charge in [-0.2, -0.15) is 0 Å². The third kappa shape index (κ3) is 5.83. The lowest BCUT2D eigenvalue weighted by Crippen LogP contribution is -2.59. The van der Waals surface area contributed by atoms with Crippen LogP contribution in [-0.2, 0) is 9.59 Å². The van der Waals surface area contributed by atoms with E-state index in [1.54, 1.807) is 6.92 Å². The Bertz CT molecular complexity index is 480. The number of primary amides is 1. The summed E-state index contributed by atoms with van der Waals surface area (Å²) >= 11 is 0. The highest BCUT2D eigenvalue weighted by Crippen LogP contribution is 2.09. The Morgan fingerprint density at radius 1 is 1.52 bits per heavy atom. The molecule has 0 aromatic heterocycles. The van der Waals surface area contributed by atoms with Gasteiger partial charge in [0.15, 0.2) is 0 Å². The first-order valence-electron chi connectivity index (χ1n) is 7.55. The van der Waals surface area contributed by atoms with Gasteiger partial charge in [0, 0.05) is 19.0 Å². The lowest BCUT2D eigenvalue weighted by Gasteiger charge is -2.32. The summed E-state index contributed by atoms with van der Waals surface area (Å²) in [7, 11) is 0. The van der Waals surface area contributed by atoms with Crippen molar-refractivity contribution in [3.05, 3.63) is 0 Å². The predicted octanol–water partition coefficient (Wildman–Crippen LogP) is -2.19. The van der Waals surface area contributed by atoms with Crippen molar-refractivity contribution in [3.8, 4) is 0 Å². The summed E-state index contributed by atoms with van der Waals surface area (Å²) in [6.45, 7) is 2.71. The average molecular weight is 327 g/mol. The number of aliphatic imine (C=N–C) groups is 1. The number of rotatable bonds is 7. The van der Waals surface area contributed by atoms with Crippen molar-refractivity contribution in [1.82, 2.24) is 15.5 Å². The molecule has 0 spiro atoms. The maximum Gasteiger partial charge on any atom is 0.318 e. The van der Waals surface area contributed by atoms with Gasteiger partial charge in [0.05, 0.1) is 6.54 Å². The summed E-state index contributed by atoms with van der Waals surface area (Å²) in [4.78, 5) is 40.7. The van der Waals surface area contributed by atoms with Crippen LogP contribution in [0.25, 0.3) is 0 Å². The lowest BCUT2D eigenvalue weighted by atomic mass is 10.1. The van der Waals surface area contributed by atoms with Crippen molar-refractivity contribution in [2.75, 3.05) is 19.6 Å². The molecule has 0 saturated heterocycles. The highest BCUT2D eigenvalue weighted by molar-refractivity contribution is 6.07. The van der Waals surface area contributed by atoms with Crippen LogP contribution in [0, 0.1) is 0 Å². The summed E-state index contributed by atoms with van der Waals surface area (Å²) in [6, 6.07) is -1.84. The molecular formula is C13H25N7O3. The number of likely N-dealkylation sites (N-methyl/N-ethyl adjacent to an activating group) is 1. The van der Waals surface area contributed by atoms with E-state index in [1.165, 1.54) is 4.90 Å². The largest absolute Gasteiger partial charge is 0.351 e. The minimum atomic E-state index is -0.822. The van der Waals surface area contributed by atoms with Crippen LogP contribution < -0.4 is 27.8 Å². The molecule has 130 valence electrons. The SMILES string of the molecule is CCN(C(=O)C[C@@H](N)CCCN)C1CN=C(NC(N)=O)NC1=O. The molecule has 1 aliphatic heterocycles. The zero-order chi connectivity index (χ0) is 17.4. The van der Waals surface area contributed by atoms with E-state index in [0.29, 0.717) is 19.5 Å². The summed E-state index contributed by atoms with van der Waals surface area (Å²) in [5.41, 5.74) is 16.3. The molecule has 1 aliphatic rings. The van der Waals surface area contributed by atoms with Gasteiger partial charge in [-0.1, -0.05) is 0 Å². The molecule has 23 heavy (non-hydrogen) atoms. The van der Waals surface area contributed by atoms with E-state index in [1.807, 2.05) is 0 Å². The van der Waals surface area contributed by atoms with E-state index in [4.69, 9.17) is 17.2 Å². The fourth-order valence-electron chi connectivity index (χ4n) is 2.32. The topological polar surface area (TPSA) is 169 Å². The van der Waals surface area contributed by atoms with Crippen LogP contribution in [-0.4, -0.2) is 60.4 Å².